The molecule has 0 bridgehead atoms. The van der Waals surface area contributed by atoms with E-state index in [0.29, 0.717) is 23.1 Å². The van der Waals surface area contributed by atoms with E-state index in [0.717, 1.165) is 61.7 Å². The molecule has 2 saturated carbocycles. The molecule has 2 aromatic carbocycles. The lowest BCUT2D eigenvalue weighted by Crippen LogP contribution is -2.33. The van der Waals surface area contributed by atoms with Crippen LogP contribution in [0.15, 0.2) is 49.1 Å². The van der Waals surface area contributed by atoms with Crippen LogP contribution >= 0.6 is 0 Å². The zero-order valence-corrected chi connectivity index (χ0v) is 18.6. The number of hydrogen-bond donors (Lipinski definition) is 0. The Morgan fingerprint density at radius 1 is 0.935 bits per heavy atom. The van der Waals surface area contributed by atoms with Gasteiger partial charge in [-0.05, 0) is 99.3 Å². The van der Waals surface area contributed by atoms with Gasteiger partial charge in [-0.1, -0.05) is 30.3 Å². The van der Waals surface area contributed by atoms with Crippen LogP contribution in [0, 0.1) is 23.5 Å². The Labute approximate surface area is 185 Å². The van der Waals surface area contributed by atoms with Gasteiger partial charge in [0.1, 0.15) is 11.6 Å². The molecule has 0 saturated heterocycles. The molecule has 4 unspecified atom stereocenters. The zero-order chi connectivity index (χ0) is 21.8. The highest BCUT2D eigenvalue weighted by Crippen LogP contribution is 2.47. The lowest BCUT2D eigenvalue weighted by molar-refractivity contribution is -0.00956. The van der Waals surface area contributed by atoms with Gasteiger partial charge in [0.2, 0.25) is 0 Å². The minimum absolute atomic E-state index is 0.322. The van der Waals surface area contributed by atoms with Crippen molar-refractivity contribution in [2.75, 3.05) is 6.61 Å². The molecule has 0 spiro atoms. The Hall–Kier alpha value is -2.00. The average Bonchev–Trinajstić information content (AvgIpc) is 2.78. The molecule has 3 heteroatoms. The first-order valence-corrected chi connectivity index (χ1v) is 11.9. The maximum absolute atomic E-state index is 15.0. The topological polar surface area (TPSA) is 9.23 Å². The molecule has 0 radical (unpaired) electrons. The summed E-state index contributed by atoms with van der Waals surface area (Å²) in [5.41, 5.74) is 2.66. The molecule has 2 aromatic rings. The minimum atomic E-state index is -0.361. The Bertz CT molecular complexity index is 906. The Kier molecular flexibility index (Phi) is 7.22. The monoisotopic (exact) mass is 424 g/mol. The summed E-state index contributed by atoms with van der Waals surface area (Å²) in [7, 11) is 0. The summed E-state index contributed by atoms with van der Waals surface area (Å²) in [6, 6.07) is 10.5. The first kappa shape index (κ1) is 22.2. The van der Waals surface area contributed by atoms with Crippen LogP contribution in [0.3, 0.4) is 0 Å². The number of hydrogen-bond acceptors (Lipinski definition) is 1. The predicted octanol–water partition coefficient (Wildman–Crippen LogP) is 7.84. The molecule has 2 aliphatic carbocycles. The number of allylic oxidation sites excluding steroid dienone is 1. The van der Waals surface area contributed by atoms with Crippen LogP contribution in [-0.2, 0) is 11.2 Å². The molecule has 31 heavy (non-hydrogen) atoms. The fourth-order valence-electron chi connectivity index (χ4n) is 5.74. The lowest BCUT2D eigenvalue weighted by atomic mass is 9.65. The van der Waals surface area contributed by atoms with Crippen molar-refractivity contribution in [3.05, 3.63) is 71.8 Å². The van der Waals surface area contributed by atoms with Gasteiger partial charge in [-0.15, -0.1) is 6.58 Å². The zero-order valence-electron chi connectivity index (χ0n) is 18.6. The van der Waals surface area contributed by atoms with Gasteiger partial charge in [0.25, 0.3) is 0 Å². The van der Waals surface area contributed by atoms with Crippen LogP contribution in [0.25, 0.3) is 11.1 Å². The number of ether oxygens (including phenoxy) is 1. The third-order valence-corrected chi connectivity index (χ3v) is 7.39. The number of aryl methyl sites for hydroxylation is 1. The van der Waals surface area contributed by atoms with Crippen molar-refractivity contribution in [1.29, 1.82) is 0 Å². The van der Waals surface area contributed by atoms with E-state index in [1.165, 1.54) is 25.3 Å². The molecular formula is C28H34F2O. The number of rotatable bonds is 7. The van der Waals surface area contributed by atoms with E-state index in [9.17, 15) is 4.39 Å². The van der Waals surface area contributed by atoms with Crippen LogP contribution in [0.5, 0.6) is 0 Å². The van der Waals surface area contributed by atoms with Gasteiger partial charge in [0, 0.05) is 17.7 Å². The SMILES string of the molecule is C=CCCc1ccc(-c2ccc(C3CCC4CC(OCC)CCC4C3)cc2F)c(F)c1. The quantitative estimate of drug-likeness (QED) is 0.411. The van der Waals surface area contributed by atoms with Crippen molar-refractivity contribution in [2.45, 2.75) is 70.3 Å². The maximum Gasteiger partial charge on any atom is 0.131 e. The summed E-state index contributed by atoms with van der Waals surface area (Å²) < 4.78 is 35.6. The fraction of sp³-hybridized carbons (Fsp3) is 0.500. The second-order valence-electron chi connectivity index (χ2n) is 9.30. The van der Waals surface area contributed by atoms with Crippen LogP contribution in [-0.4, -0.2) is 12.7 Å². The molecule has 0 heterocycles. The van der Waals surface area contributed by atoms with Crippen LogP contribution in [0.2, 0.25) is 0 Å². The third kappa shape index (κ3) is 5.09. The molecule has 0 N–H and O–H groups in total. The van der Waals surface area contributed by atoms with E-state index in [1.54, 1.807) is 18.2 Å². The van der Waals surface area contributed by atoms with E-state index < -0.39 is 0 Å². The molecule has 2 fully saturated rings. The molecular weight excluding hydrogens is 390 g/mol. The minimum Gasteiger partial charge on any atom is -0.378 e. The molecule has 4 rings (SSSR count). The largest absolute Gasteiger partial charge is 0.378 e. The summed E-state index contributed by atoms with van der Waals surface area (Å²) in [4.78, 5) is 0. The van der Waals surface area contributed by atoms with Gasteiger partial charge >= 0.3 is 0 Å². The number of fused-ring (bicyclic) bond motifs is 1. The van der Waals surface area contributed by atoms with E-state index >= 15 is 4.39 Å². The fourth-order valence-corrected chi connectivity index (χ4v) is 5.74. The van der Waals surface area contributed by atoms with Gasteiger partial charge in [-0.3, -0.25) is 0 Å². The summed E-state index contributed by atoms with van der Waals surface area (Å²) in [5.74, 6) is 1.19. The summed E-state index contributed by atoms with van der Waals surface area (Å²) >= 11 is 0. The van der Waals surface area contributed by atoms with E-state index in [2.05, 4.69) is 13.5 Å². The van der Waals surface area contributed by atoms with Crippen molar-refractivity contribution in [1.82, 2.24) is 0 Å². The van der Waals surface area contributed by atoms with Gasteiger partial charge < -0.3 is 4.74 Å². The highest BCUT2D eigenvalue weighted by Gasteiger charge is 2.36. The van der Waals surface area contributed by atoms with E-state index in [4.69, 9.17) is 4.74 Å². The normalized spacial score (nSPS) is 25.8. The number of halogens is 2. The highest BCUT2D eigenvalue weighted by atomic mass is 19.1. The van der Waals surface area contributed by atoms with Gasteiger partial charge in [0.05, 0.1) is 6.10 Å². The van der Waals surface area contributed by atoms with E-state index in [1.807, 2.05) is 18.2 Å². The van der Waals surface area contributed by atoms with Crippen LogP contribution < -0.4 is 0 Å². The molecule has 0 amide bonds. The van der Waals surface area contributed by atoms with Crippen molar-refractivity contribution >= 4 is 0 Å². The average molecular weight is 425 g/mol. The van der Waals surface area contributed by atoms with Crippen molar-refractivity contribution in [3.63, 3.8) is 0 Å². The van der Waals surface area contributed by atoms with Gasteiger partial charge in [-0.25, -0.2) is 8.78 Å². The highest BCUT2D eigenvalue weighted by molar-refractivity contribution is 5.65. The predicted molar refractivity (Wildman–Crippen MR) is 123 cm³/mol. The first-order valence-electron chi connectivity index (χ1n) is 11.9. The smallest absolute Gasteiger partial charge is 0.131 e. The first-order chi connectivity index (χ1) is 15.1. The molecule has 2 aliphatic rings. The van der Waals surface area contributed by atoms with Crippen LogP contribution in [0.4, 0.5) is 8.78 Å². The van der Waals surface area contributed by atoms with Crippen molar-refractivity contribution < 1.29 is 13.5 Å². The summed E-state index contributed by atoms with van der Waals surface area (Å²) in [6.07, 6.45) is 10.8. The van der Waals surface area contributed by atoms with E-state index in [-0.39, 0.29) is 11.6 Å². The summed E-state index contributed by atoms with van der Waals surface area (Å²) in [6.45, 7) is 6.58. The van der Waals surface area contributed by atoms with Crippen molar-refractivity contribution in [3.8, 4) is 11.1 Å². The second-order valence-corrected chi connectivity index (χ2v) is 9.30. The Morgan fingerprint density at radius 2 is 1.65 bits per heavy atom. The molecule has 1 nitrogen and oxygen atoms in total. The van der Waals surface area contributed by atoms with Gasteiger partial charge in [-0.2, -0.15) is 0 Å². The van der Waals surface area contributed by atoms with Crippen LogP contribution in [0.1, 0.15) is 68.9 Å². The maximum atomic E-state index is 15.0. The number of benzene rings is 2. The Balaban J connectivity index is 1.45. The lowest BCUT2D eigenvalue weighted by Gasteiger charge is -2.42. The molecule has 0 aromatic heterocycles. The Morgan fingerprint density at radius 3 is 2.35 bits per heavy atom. The standard InChI is InChI=1S/C28H34F2O/c1-3-5-6-19-7-13-25(27(29)15-19)26-14-11-23(18-28(26)30)20-8-9-22-17-24(31-4-2)12-10-21(22)16-20/h3,7,11,13-15,18,20-22,24H,1,4-6,8-10,12,16-17H2,2H3. The van der Waals surface area contributed by atoms with Gasteiger partial charge in [0.15, 0.2) is 0 Å². The summed E-state index contributed by atoms with van der Waals surface area (Å²) in [5, 5.41) is 0. The second kappa shape index (κ2) is 10.1. The molecule has 166 valence electrons. The third-order valence-electron chi connectivity index (χ3n) is 7.39. The molecule has 4 atom stereocenters. The molecule has 0 aliphatic heterocycles. The van der Waals surface area contributed by atoms with Crippen molar-refractivity contribution in [2.24, 2.45) is 11.8 Å².